The number of nitrogens with zero attached hydrogens (tertiary/aromatic N) is 1. The second-order valence-corrected chi connectivity index (χ2v) is 6.65. The van der Waals surface area contributed by atoms with E-state index in [1.54, 1.807) is 0 Å². The molecule has 0 radical (unpaired) electrons. The van der Waals surface area contributed by atoms with Crippen LogP contribution in [0.2, 0.25) is 0 Å². The topological polar surface area (TPSA) is 93.2 Å². The van der Waals surface area contributed by atoms with E-state index in [0.29, 0.717) is 0 Å². The Balaban J connectivity index is 3.31. The zero-order valence-corrected chi connectivity index (χ0v) is 12.2. The highest BCUT2D eigenvalue weighted by Crippen LogP contribution is 2.27. The number of thiazole rings is 1. The molecule has 1 aromatic rings. The number of hydrogen-bond donors (Lipinski definition) is 1. The molecule has 0 saturated heterocycles. The minimum atomic E-state index is -3.60. The van der Waals surface area contributed by atoms with Crippen molar-refractivity contribution in [3.63, 3.8) is 0 Å². The van der Waals surface area contributed by atoms with Gasteiger partial charge in [-0.2, -0.15) is 0 Å². The third-order valence-corrected chi connectivity index (χ3v) is 4.25. The first kappa shape index (κ1) is 14.3. The summed E-state index contributed by atoms with van der Waals surface area (Å²) >= 11 is 3.81. The molecule has 0 aliphatic rings. The highest BCUT2D eigenvalue weighted by Gasteiger charge is 2.24. The van der Waals surface area contributed by atoms with E-state index >= 15 is 0 Å². The predicted octanol–water partition coefficient (Wildman–Crippen LogP) is 1.08. The summed E-state index contributed by atoms with van der Waals surface area (Å²) in [6.07, 6.45) is 0.963. The van der Waals surface area contributed by atoms with Crippen LogP contribution in [-0.2, 0) is 14.6 Å². The molecular formula is C8H9BrN2O4S2. The van der Waals surface area contributed by atoms with Gasteiger partial charge in [0.25, 0.3) is 0 Å². The Morgan fingerprint density at radius 2 is 2.06 bits per heavy atom. The molecular weight excluding hydrogens is 332 g/mol. The molecule has 0 bridgehead atoms. The molecule has 17 heavy (non-hydrogen) atoms. The summed E-state index contributed by atoms with van der Waals surface area (Å²) in [5.74, 6) is -0.767. The van der Waals surface area contributed by atoms with E-state index in [2.05, 4.69) is 26.2 Å². The summed E-state index contributed by atoms with van der Waals surface area (Å²) in [4.78, 5) is 26.1. The minimum Gasteiger partial charge on any atom is -0.302 e. The highest BCUT2D eigenvalue weighted by molar-refractivity contribution is 9.09. The Morgan fingerprint density at radius 3 is 2.47 bits per heavy atom. The number of anilines is 1. The van der Waals surface area contributed by atoms with Crippen LogP contribution in [0.4, 0.5) is 5.13 Å². The maximum absolute atomic E-state index is 11.5. The van der Waals surface area contributed by atoms with Crippen LogP contribution < -0.4 is 5.32 Å². The minimum absolute atomic E-state index is 0.00275. The van der Waals surface area contributed by atoms with Crippen molar-refractivity contribution >= 4 is 53.9 Å². The first-order valence-corrected chi connectivity index (χ1v) is 8.16. The molecule has 1 aromatic heterocycles. The maximum Gasteiger partial charge on any atom is 0.223 e. The summed E-state index contributed by atoms with van der Waals surface area (Å²) in [6.45, 7) is 1.27. The van der Waals surface area contributed by atoms with Gasteiger partial charge in [0.1, 0.15) is 4.88 Å². The van der Waals surface area contributed by atoms with Gasteiger partial charge in [-0.3, -0.25) is 9.59 Å². The number of carbonyl (C=O) groups excluding carboxylic acids is 2. The lowest BCUT2D eigenvalue weighted by Crippen LogP contribution is -2.07. The SMILES string of the molecule is CC(=O)Nc1nc(S(C)(=O)=O)c(C(=O)CBr)s1. The molecule has 9 heteroatoms. The maximum atomic E-state index is 11.5. The van der Waals surface area contributed by atoms with Gasteiger partial charge in [-0.05, 0) is 0 Å². The van der Waals surface area contributed by atoms with E-state index in [0.717, 1.165) is 17.6 Å². The Hall–Kier alpha value is -0.800. The number of carbonyl (C=O) groups is 2. The Labute approximate surface area is 110 Å². The van der Waals surface area contributed by atoms with Crippen LogP contribution in [0.1, 0.15) is 16.6 Å². The van der Waals surface area contributed by atoms with E-state index in [4.69, 9.17) is 0 Å². The third kappa shape index (κ3) is 3.58. The average molecular weight is 341 g/mol. The smallest absolute Gasteiger partial charge is 0.223 e. The number of nitrogens with one attached hydrogen (secondary N) is 1. The number of alkyl halides is 1. The molecule has 1 rings (SSSR count). The van der Waals surface area contributed by atoms with Crippen molar-refractivity contribution in [3.05, 3.63) is 4.88 Å². The molecule has 0 aliphatic heterocycles. The molecule has 0 aromatic carbocycles. The standard InChI is InChI=1S/C8H9BrN2O4S2/c1-4(12)10-8-11-7(17(2,14)15)6(16-8)5(13)3-9/h3H2,1-2H3,(H,10,11,12). The van der Waals surface area contributed by atoms with Gasteiger partial charge in [0.2, 0.25) is 5.91 Å². The van der Waals surface area contributed by atoms with Crippen molar-refractivity contribution in [1.82, 2.24) is 4.98 Å². The molecule has 1 amide bonds. The Bertz CT molecular complexity index is 564. The van der Waals surface area contributed by atoms with Crippen LogP contribution in [0.3, 0.4) is 0 Å². The first-order chi connectivity index (χ1) is 7.75. The number of amides is 1. The monoisotopic (exact) mass is 340 g/mol. The van der Waals surface area contributed by atoms with Gasteiger partial charge in [-0.15, -0.1) is 0 Å². The number of sulfone groups is 1. The van der Waals surface area contributed by atoms with Crippen molar-refractivity contribution in [2.75, 3.05) is 16.9 Å². The lowest BCUT2D eigenvalue weighted by molar-refractivity contribution is -0.114. The lowest BCUT2D eigenvalue weighted by Gasteiger charge is -1.95. The quantitative estimate of drug-likeness (QED) is 0.653. The fourth-order valence-corrected chi connectivity index (χ4v) is 3.65. The fraction of sp³-hybridized carbons (Fsp3) is 0.375. The van der Waals surface area contributed by atoms with Crippen LogP contribution in [0.25, 0.3) is 0 Å². The molecule has 0 fully saturated rings. The molecule has 0 aliphatic carbocycles. The van der Waals surface area contributed by atoms with Gasteiger partial charge in [0, 0.05) is 13.2 Å². The number of Topliss-reactive ketones (excluding diaryl/α,β-unsaturated/α-hetero) is 1. The van der Waals surface area contributed by atoms with Crippen LogP contribution >= 0.6 is 27.3 Å². The largest absolute Gasteiger partial charge is 0.302 e. The van der Waals surface area contributed by atoms with E-state index in [9.17, 15) is 18.0 Å². The van der Waals surface area contributed by atoms with Crippen LogP contribution in [0.15, 0.2) is 5.03 Å². The van der Waals surface area contributed by atoms with Crippen molar-refractivity contribution in [2.24, 2.45) is 0 Å². The molecule has 94 valence electrons. The third-order valence-electron chi connectivity index (χ3n) is 1.60. The number of ketones is 1. The van der Waals surface area contributed by atoms with E-state index < -0.39 is 9.84 Å². The van der Waals surface area contributed by atoms with Gasteiger partial charge in [-0.25, -0.2) is 13.4 Å². The normalized spacial score (nSPS) is 11.2. The van der Waals surface area contributed by atoms with Gasteiger partial charge in [-0.1, -0.05) is 27.3 Å². The van der Waals surface area contributed by atoms with E-state index in [-0.39, 0.29) is 32.1 Å². The Kier molecular flexibility index (Phi) is 4.39. The van der Waals surface area contributed by atoms with Crippen molar-refractivity contribution < 1.29 is 18.0 Å². The summed E-state index contributed by atoms with van der Waals surface area (Å²) in [5.41, 5.74) is 0. The lowest BCUT2D eigenvalue weighted by atomic mass is 10.4. The van der Waals surface area contributed by atoms with Crippen molar-refractivity contribution in [3.8, 4) is 0 Å². The molecule has 0 saturated carbocycles. The second-order valence-electron chi connectivity index (χ2n) is 3.16. The predicted molar refractivity (Wildman–Crippen MR) is 67.7 cm³/mol. The second kappa shape index (κ2) is 5.23. The molecule has 6 nitrogen and oxygen atoms in total. The summed E-state index contributed by atoms with van der Waals surface area (Å²) in [7, 11) is -3.60. The number of halogens is 1. The van der Waals surface area contributed by atoms with Crippen molar-refractivity contribution in [1.29, 1.82) is 0 Å². The van der Waals surface area contributed by atoms with Crippen LogP contribution in [0, 0.1) is 0 Å². The van der Waals surface area contributed by atoms with Crippen LogP contribution in [-0.4, -0.2) is 36.7 Å². The number of rotatable bonds is 4. The summed E-state index contributed by atoms with van der Waals surface area (Å²) < 4.78 is 22.9. The molecule has 0 atom stereocenters. The average Bonchev–Trinajstić information content (AvgIpc) is 2.59. The molecule has 1 N–H and O–H groups in total. The molecule has 0 spiro atoms. The van der Waals surface area contributed by atoms with Gasteiger partial charge >= 0.3 is 0 Å². The zero-order chi connectivity index (χ0) is 13.2. The molecule has 0 unspecified atom stereocenters. The Morgan fingerprint density at radius 1 is 1.47 bits per heavy atom. The van der Waals surface area contributed by atoms with Gasteiger partial charge in [0.05, 0.1) is 5.33 Å². The van der Waals surface area contributed by atoms with Crippen LogP contribution in [0.5, 0.6) is 0 Å². The van der Waals surface area contributed by atoms with Gasteiger partial charge in [0.15, 0.2) is 25.8 Å². The molecule has 1 heterocycles. The first-order valence-electron chi connectivity index (χ1n) is 4.33. The fourth-order valence-electron chi connectivity index (χ4n) is 0.998. The number of aromatic nitrogens is 1. The zero-order valence-electron chi connectivity index (χ0n) is 8.98. The van der Waals surface area contributed by atoms with Gasteiger partial charge < -0.3 is 5.32 Å². The van der Waals surface area contributed by atoms with E-state index in [1.807, 2.05) is 0 Å². The number of hydrogen-bond acceptors (Lipinski definition) is 6. The van der Waals surface area contributed by atoms with E-state index in [1.165, 1.54) is 6.92 Å². The highest BCUT2D eigenvalue weighted by atomic mass is 79.9. The van der Waals surface area contributed by atoms with Crippen molar-refractivity contribution in [2.45, 2.75) is 11.9 Å². The summed E-state index contributed by atoms with van der Waals surface area (Å²) in [6, 6.07) is 0. The summed E-state index contributed by atoms with van der Waals surface area (Å²) in [5, 5.41) is 2.15.